The maximum Gasteiger partial charge on any atom is 0.226 e. The molecule has 2 rings (SSSR count). The van der Waals surface area contributed by atoms with Gasteiger partial charge in [0, 0.05) is 44.1 Å². The Morgan fingerprint density at radius 3 is 2.45 bits per heavy atom. The van der Waals surface area contributed by atoms with Gasteiger partial charge in [0.05, 0.1) is 0 Å². The van der Waals surface area contributed by atoms with E-state index in [1.54, 1.807) is 12.1 Å². The quantitative estimate of drug-likeness (QED) is 0.860. The van der Waals surface area contributed by atoms with Gasteiger partial charge < -0.3 is 15.5 Å². The zero-order valence-corrected chi connectivity index (χ0v) is 12.8. The summed E-state index contributed by atoms with van der Waals surface area (Å²) >= 11 is 0. The SMILES string of the molecule is CN(C)c1ccc(NCCC(=O)Nc2cccc(F)c2)cc1. The molecule has 0 radical (unpaired) electrons. The molecule has 0 aliphatic carbocycles. The highest BCUT2D eigenvalue weighted by Crippen LogP contribution is 2.15. The van der Waals surface area contributed by atoms with Crippen LogP contribution in [-0.2, 0) is 4.79 Å². The zero-order chi connectivity index (χ0) is 15.9. The molecule has 0 spiro atoms. The van der Waals surface area contributed by atoms with Crippen LogP contribution in [0.4, 0.5) is 21.5 Å². The van der Waals surface area contributed by atoms with Gasteiger partial charge in [-0.05, 0) is 42.5 Å². The molecule has 0 aromatic heterocycles. The van der Waals surface area contributed by atoms with Crippen LogP contribution in [0.15, 0.2) is 48.5 Å². The summed E-state index contributed by atoms with van der Waals surface area (Å²) in [4.78, 5) is 13.8. The molecule has 0 fully saturated rings. The molecule has 2 aromatic rings. The number of carbonyl (C=O) groups excluding carboxylic acids is 1. The number of hydrogen-bond acceptors (Lipinski definition) is 3. The van der Waals surface area contributed by atoms with E-state index in [0.717, 1.165) is 11.4 Å². The van der Waals surface area contributed by atoms with Crippen LogP contribution in [0.5, 0.6) is 0 Å². The predicted octanol–water partition coefficient (Wildman–Crippen LogP) is 3.33. The summed E-state index contributed by atoms with van der Waals surface area (Å²) in [7, 11) is 3.97. The van der Waals surface area contributed by atoms with Crippen molar-refractivity contribution in [3.05, 3.63) is 54.3 Å². The van der Waals surface area contributed by atoms with Crippen LogP contribution < -0.4 is 15.5 Å². The van der Waals surface area contributed by atoms with Crippen molar-refractivity contribution in [2.24, 2.45) is 0 Å². The van der Waals surface area contributed by atoms with Crippen LogP contribution in [0.3, 0.4) is 0 Å². The summed E-state index contributed by atoms with van der Waals surface area (Å²) in [6, 6.07) is 13.8. The third-order valence-electron chi connectivity index (χ3n) is 3.17. The fourth-order valence-corrected chi connectivity index (χ4v) is 1.99. The normalized spacial score (nSPS) is 10.1. The van der Waals surface area contributed by atoms with Gasteiger partial charge in [-0.1, -0.05) is 6.07 Å². The number of carbonyl (C=O) groups is 1. The molecule has 0 heterocycles. The fraction of sp³-hybridized carbons (Fsp3) is 0.235. The minimum Gasteiger partial charge on any atom is -0.385 e. The maximum atomic E-state index is 13.0. The number of amides is 1. The molecule has 0 saturated heterocycles. The molecular formula is C17H20FN3O. The highest BCUT2D eigenvalue weighted by atomic mass is 19.1. The van der Waals surface area contributed by atoms with E-state index in [2.05, 4.69) is 10.6 Å². The molecule has 0 unspecified atom stereocenters. The average Bonchev–Trinajstić information content (AvgIpc) is 2.47. The number of nitrogens with zero attached hydrogens (tertiary/aromatic N) is 1. The van der Waals surface area contributed by atoms with E-state index in [9.17, 15) is 9.18 Å². The van der Waals surface area contributed by atoms with Crippen LogP contribution in [0, 0.1) is 5.82 Å². The van der Waals surface area contributed by atoms with Crippen LogP contribution in [0.1, 0.15) is 6.42 Å². The molecule has 116 valence electrons. The number of anilines is 3. The Kier molecular flexibility index (Phi) is 5.36. The summed E-state index contributed by atoms with van der Waals surface area (Å²) in [6.45, 7) is 0.516. The molecule has 0 atom stereocenters. The van der Waals surface area contributed by atoms with Gasteiger partial charge in [0.2, 0.25) is 5.91 Å². The Morgan fingerprint density at radius 1 is 1.09 bits per heavy atom. The molecule has 0 saturated carbocycles. The van der Waals surface area contributed by atoms with Crippen LogP contribution >= 0.6 is 0 Å². The minimum atomic E-state index is -0.364. The number of nitrogens with one attached hydrogen (secondary N) is 2. The maximum absolute atomic E-state index is 13.0. The number of rotatable bonds is 6. The molecule has 22 heavy (non-hydrogen) atoms. The predicted molar refractivity (Wildman–Crippen MR) is 88.9 cm³/mol. The Hall–Kier alpha value is -2.56. The van der Waals surface area contributed by atoms with E-state index < -0.39 is 0 Å². The topological polar surface area (TPSA) is 44.4 Å². The van der Waals surface area contributed by atoms with Crippen molar-refractivity contribution in [3.63, 3.8) is 0 Å². The first kappa shape index (κ1) is 15.8. The van der Waals surface area contributed by atoms with Gasteiger partial charge in [-0.2, -0.15) is 0 Å². The van der Waals surface area contributed by atoms with Crippen LogP contribution in [-0.4, -0.2) is 26.5 Å². The molecule has 4 nitrogen and oxygen atoms in total. The summed E-state index contributed by atoms with van der Waals surface area (Å²) in [5.74, 6) is -0.514. The van der Waals surface area contributed by atoms with Crippen molar-refractivity contribution >= 4 is 23.0 Å². The standard InChI is InChI=1S/C17H20FN3O/c1-21(2)16-8-6-14(7-9-16)19-11-10-17(22)20-15-5-3-4-13(18)12-15/h3-9,12,19H,10-11H2,1-2H3,(H,20,22). The van der Waals surface area contributed by atoms with Gasteiger partial charge in [0.25, 0.3) is 0 Å². The highest BCUT2D eigenvalue weighted by molar-refractivity contribution is 5.90. The molecule has 0 bridgehead atoms. The first-order chi connectivity index (χ1) is 10.5. The van der Waals surface area contributed by atoms with Gasteiger partial charge in [-0.15, -0.1) is 0 Å². The molecule has 2 aromatic carbocycles. The summed E-state index contributed by atoms with van der Waals surface area (Å²) < 4.78 is 13.0. The second-order valence-electron chi connectivity index (χ2n) is 5.18. The Balaban J connectivity index is 1.77. The minimum absolute atomic E-state index is 0.150. The number of hydrogen-bond donors (Lipinski definition) is 2. The smallest absolute Gasteiger partial charge is 0.226 e. The third-order valence-corrected chi connectivity index (χ3v) is 3.17. The van der Waals surface area contributed by atoms with Crippen LogP contribution in [0.25, 0.3) is 0 Å². The van der Waals surface area contributed by atoms with E-state index in [0.29, 0.717) is 18.7 Å². The highest BCUT2D eigenvalue weighted by Gasteiger charge is 2.03. The molecule has 0 aliphatic rings. The summed E-state index contributed by atoms with van der Waals surface area (Å²) in [5, 5.41) is 5.85. The first-order valence-electron chi connectivity index (χ1n) is 7.11. The first-order valence-corrected chi connectivity index (χ1v) is 7.11. The second-order valence-corrected chi connectivity index (χ2v) is 5.18. The molecule has 5 heteroatoms. The zero-order valence-electron chi connectivity index (χ0n) is 12.8. The summed E-state index contributed by atoms with van der Waals surface area (Å²) in [6.07, 6.45) is 0.311. The van der Waals surface area contributed by atoms with Gasteiger partial charge >= 0.3 is 0 Å². The number of benzene rings is 2. The fourth-order valence-electron chi connectivity index (χ4n) is 1.99. The molecule has 1 amide bonds. The van der Waals surface area contributed by atoms with Crippen molar-refractivity contribution in [3.8, 4) is 0 Å². The summed E-state index contributed by atoms with van der Waals surface area (Å²) in [5.41, 5.74) is 2.55. The van der Waals surface area contributed by atoms with Gasteiger partial charge in [-0.25, -0.2) is 4.39 Å². The second kappa shape index (κ2) is 7.45. The van der Waals surface area contributed by atoms with Crippen LogP contribution in [0.2, 0.25) is 0 Å². The number of halogens is 1. The van der Waals surface area contributed by atoms with E-state index in [1.807, 2.05) is 43.3 Å². The average molecular weight is 301 g/mol. The molecule has 2 N–H and O–H groups in total. The van der Waals surface area contributed by atoms with Crippen molar-refractivity contribution in [1.29, 1.82) is 0 Å². The van der Waals surface area contributed by atoms with E-state index in [4.69, 9.17) is 0 Å². The molecule has 0 aliphatic heterocycles. The lowest BCUT2D eigenvalue weighted by Crippen LogP contribution is -2.16. The monoisotopic (exact) mass is 301 g/mol. The Morgan fingerprint density at radius 2 is 1.82 bits per heavy atom. The van der Waals surface area contributed by atoms with E-state index >= 15 is 0 Å². The van der Waals surface area contributed by atoms with Gasteiger partial charge in [-0.3, -0.25) is 4.79 Å². The van der Waals surface area contributed by atoms with Crippen molar-refractivity contribution in [1.82, 2.24) is 0 Å². The van der Waals surface area contributed by atoms with E-state index in [-0.39, 0.29) is 11.7 Å². The van der Waals surface area contributed by atoms with Gasteiger partial charge in [0.15, 0.2) is 0 Å². The Bertz CT molecular complexity index is 626. The van der Waals surface area contributed by atoms with Crippen molar-refractivity contribution in [2.75, 3.05) is 36.2 Å². The molecular weight excluding hydrogens is 281 g/mol. The van der Waals surface area contributed by atoms with Gasteiger partial charge in [0.1, 0.15) is 5.82 Å². The van der Waals surface area contributed by atoms with Crippen molar-refractivity contribution in [2.45, 2.75) is 6.42 Å². The van der Waals surface area contributed by atoms with E-state index in [1.165, 1.54) is 12.1 Å². The lowest BCUT2D eigenvalue weighted by atomic mass is 10.2. The largest absolute Gasteiger partial charge is 0.385 e. The third kappa shape index (κ3) is 4.77. The Labute approximate surface area is 129 Å². The lowest BCUT2D eigenvalue weighted by molar-refractivity contribution is -0.115. The lowest BCUT2D eigenvalue weighted by Gasteiger charge is -2.13. The van der Waals surface area contributed by atoms with Crippen molar-refractivity contribution < 1.29 is 9.18 Å².